The molecule has 0 spiro atoms. The van der Waals surface area contributed by atoms with E-state index in [9.17, 15) is 26.7 Å². The summed E-state index contributed by atoms with van der Waals surface area (Å²) in [7, 11) is 0. The Kier molecular flexibility index (Phi) is 6.30. The molecule has 0 fully saturated rings. The second-order valence-electron chi connectivity index (χ2n) is 7.30. The van der Waals surface area contributed by atoms with E-state index in [2.05, 4.69) is 20.3 Å². The number of hydrogen-bond donors (Lipinski definition) is 3. The number of hydrogen-bond acceptors (Lipinski definition) is 7. The lowest BCUT2D eigenvalue weighted by Gasteiger charge is -2.39. The number of aliphatic imine (C=N–C) groups is 1. The van der Waals surface area contributed by atoms with Crippen LogP contribution in [0, 0.1) is 5.82 Å². The zero-order valence-corrected chi connectivity index (χ0v) is 16.7. The van der Waals surface area contributed by atoms with Crippen LogP contribution in [-0.2, 0) is 10.3 Å². The number of rotatable bonds is 6. The van der Waals surface area contributed by atoms with Gasteiger partial charge in [-0.1, -0.05) is 0 Å². The summed E-state index contributed by atoms with van der Waals surface area (Å²) < 4.78 is 71.8. The van der Waals surface area contributed by atoms with Gasteiger partial charge in [0.05, 0.1) is 12.8 Å². The SMILES string of the molecule is CC1(c2cc(NC(=O)c3ncc(C(F)F)nc3N)ccc2F)COC(CF)(CF)C(N)=N1. The molecule has 1 aliphatic rings. The molecule has 1 aromatic carbocycles. The highest BCUT2D eigenvalue weighted by Crippen LogP contribution is 2.36. The number of nitrogens with two attached hydrogens (primary N) is 2. The molecule has 2 aromatic rings. The quantitative estimate of drug-likeness (QED) is 0.571. The average Bonchev–Trinajstić information content (AvgIpc) is 2.75. The van der Waals surface area contributed by atoms with Crippen molar-refractivity contribution in [1.29, 1.82) is 0 Å². The van der Waals surface area contributed by atoms with Crippen LogP contribution in [0.4, 0.5) is 33.5 Å². The van der Waals surface area contributed by atoms with E-state index in [1.807, 2.05) is 0 Å². The number of amidine groups is 1. The highest BCUT2D eigenvalue weighted by molar-refractivity contribution is 6.05. The Labute approximate surface area is 178 Å². The van der Waals surface area contributed by atoms with Crippen LogP contribution in [0.25, 0.3) is 0 Å². The first-order valence-corrected chi connectivity index (χ1v) is 9.19. The summed E-state index contributed by atoms with van der Waals surface area (Å²) in [6, 6.07) is 3.48. The van der Waals surface area contributed by atoms with Gasteiger partial charge in [-0.15, -0.1) is 0 Å². The Morgan fingerprint density at radius 1 is 1.28 bits per heavy atom. The number of carbonyl (C=O) groups is 1. The van der Waals surface area contributed by atoms with Crippen LogP contribution in [0.2, 0.25) is 0 Å². The zero-order chi connectivity index (χ0) is 23.7. The Bertz CT molecular complexity index is 1060. The topological polar surface area (TPSA) is 129 Å². The highest BCUT2D eigenvalue weighted by Gasteiger charge is 2.45. The van der Waals surface area contributed by atoms with Crippen molar-refractivity contribution in [2.24, 2.45) is 10.7 Å². The van der Waals surface area contributed by atoms with Crippen LogP contribution in [0.15, 0.2) is 29.4 Å². The van der Waals surface area contributed by atoms with Crippen LogP contribution in [-0.4, -0.2) is 47.3 Å². The maximum Gasteiger partial charge on any atom is 0.281 e. The lowest BCUT2D eigenvalue weighted by atomic mass is 9.89. The fourth-order valence-electron chi connectivity index (χ4n) is 3.04. The number of anilines is 2. The lowest BCUT2D eigenvalue weighted by Crippen LogP contribution is -2.56. The molecule has 1 atom stereocenters. The highest BCUT2D eigenvalue weighted by atomic mass is 19.3. The molecule has 13 heteroatoms. The summed E-state index contributed by atoms with van der Waals surface area (Å²) in [5.74, 6) is -2.59. The molecule has 172 valence electrons. The minimum Gasteiger partial charge on any atom is -0.385 e. The van der Waals surface area contributed by atoms with Crippen molar-refractivity contribution >= 4 is 23.2 Å². The second-order valence-corrected chi connectivity index (χ2v) is 7.30. The third kappa shape index (κ3) is 4.20. The number of amides is 1. The Hall–Kier alpha value is -3.35. The van der Waals surface area contributed by atoms with E-state index in [1.165, 1.54) is 19.1 Å². The number of carbonyl (C=O) groups excluding carboxylic acids is 1. The van der Waals surface area contributed by atoms with E-state index >= 15 is 0 Å². The third-order valence-electron chi connectivity index (χ3n) is 4.96. The van der Waals surface area contributed by atoms with E-state index in [0.717, 1.165) is 6.07 Å². The van der Waals surface area contributed by atoms with Gasteiger partial charge >= 0.3 is 0 Å². The number of ether oxygens (including phenoxy) is 1. The zero-order valence-electron chi connectivity index (χ0n) is 16.7. The van der Waals surface area contributed by atoms with Crippen molar-refractivity contribution < 1.29 is 31.5 Å². The summed E-state index contributed by atoms with van der Waals surface area (Å²) in [5, 5.41) is 2.41. The molecule has 1 aliphatic heterocycles. The monoisotopic (exact) mass is 458 g/mol. The second kappa shape index (κ2) is 8.65. The fourth-order valence-corrected chi connectivity index (χ4v) is 3.04. The van der Waals surface area contributed by atoms with Crippen LogP contribution >= 0.6 is 0 Å². The van der Waals surface area contributed by atoms with Crippen molar-refractivity contribution in [3.05, 3.63) is 47.2 Å². The van der Waals surface area contributed by atoms with E-state index in [-0.39, 0.29) is 17.9 Å². The minimum atomic E-state index is -2.92. The molecule has 1 amide bonds. The van der Waals surface area contributed by atoms with Gasteiger partial charge in [0.2, 0.25) is 0 Å². The minimum absolute atomic E-state index is 0.0725. The van der Waals surface area contributed by atoms with Gasteiger partial charge in [0.1, 0.15) is 36.2 Å². The van der Waals surface area contributed by atoms with Gasteiger partial charge in [0.15, 0.2) is 17.1 Å². The van der Waals surface area contributed by atoms with E-state index in [0.29, 0.717) is 6.20 Å². The van der Waals surface area contributed by atoms with Crippen LogP contribution in [0.1, 0.15) is 35.1 Å². The van der Waals surface area contributed by atoms with E-state index in [1.54, 1.807) is 0 Å². The first kappa shape index (κ1) is 23.3. The molecule has 32 heavy (non-hydrogen) atoms. The van der Waals surface area contributed by atoms with Crippen LogP contribution in [0.3, 0.4) is 0 Å². The van der Waals surface area contributed by atoms with Gasteiger partial charge in [0.25, 0.3) is 12.3 Å². The number of nitrogen functional groups attached to an aromatic ring is 1. The van der Waals surface area contributed by atoms with Crippen molar-refractivity contribution in [2.45, 2.75) is 24.5 Å². The smallest absolute Gasteiger partial charge is 0.281 e. The lowest BCUT2D eigenvalue weighted by molar-refractivity contribution is -0.0575. The molecule has 1 aromatic heterocycles. The predicted octanol–water partition coefficient (Wildman–Crippen LogP) is 2.67. The van der Waals surface area contributed by atoms with Crippen molar-refractivity contribution in [3.63, 3.8) is 0 Å². The summed E-state index contributed by atoms with van der Waals surface area (Å²) in [5.41, 5.74) is 6.68. The maximum atomic E-state index is 14.6. The summed E-state index contributed by atoms with van der Waals surface area (Å²) in [6.45, 7) is -1.44. The summed E-state index contributed by atoms with van der Waals surface area (Å²) >= 11 is 0. The average molecular weight is 458 g/mol. The molecule has 0 bridgehead atoms. The molecular formula is C19H19F5N6O2. The normalized spacial score (nSPS) is 20.2. The molecule has 0 radical (unpaired) electrons. The van der Waals surface area contributed by atoms with Gasteiger partial charge in [-0.05, 0) is 25.1 Å². The molecule has 0 aliphatic carbocycles. The Morgan fingerprint density at radius 3 is 2.53 bits per heavy atom. The Balaban J connectivity index is 1.90. The predicted molar refractivity (Wildman–Crippen MR) is 105 cm³/mol. The number of aromatic nitrogens is 2. The summed E-state index contributed by atoms with van der Waals surface area (Å²) in [6.07, 6.45) is -2.20. The molecular weight excluding hydrogens is 439 g/mol. The molecule has 0 saturated carbocycles. The molecule has 1 unspecified atom stereocenters. The maximum absolute atomic E-state index is 14.6. The molecule has 0 saturated heterocycles. The number of benzene rings is 1. The van der Waals surface area contributed by atoms with Crippen molar-refractivity contribution in [1.82, 2.24) is 9.97 Å². The number of nitrogens with one attached hydrogen (secondary N) is 1. The van der Waals surface area contributed by atoms with Gasteiger partial charge in [-0.25, -0.2) is 31.9 Å². The third-order valence-corrected chi connectivity index (χ3v) is 4.96. The summed E-state index contributed by atoms with van der Waals surface area (Å²) in [4.78, 5) is 23.6. The van der Waals surface area contributed by atoms with Crippen LogP contribution in [0.5, 0.6) is 0 Å². The van der Waals surface area contributed by atoms with Crippen molar-refractivity contribution in [3.8, 4) is 0 Å². The van der Waals surface area contributed by atoms with Gasteiger partial charge in [0, 0.05) is 11.3 Å². The fraction of sp³-hybridized carbons (Fsp3) is 0.368. The van der Waals surface area contributed by atoms with Gasteiger partial charge in [-0.2, -0.15) is 0 Å². The molecule has 3 rings (SSSR count). The van der Waals surface area contributed by atoms with Crippen molar-refractivity contribution in [2.75, 3.05) is 31.0 Å². The number of nitrogens with zero attached hydrogens (tertiary/aromatic N) is 3. The van der Waals surface area contributed by atoms with E-state index in [4.69, 9.17) is 16.2 Å². The molecule has 2 heterocycles. The number of halogens is 5. The van der Waals surface area contributed by atoms with Gasteiger partial charge < -0.3 is 21.5 Å². The van der Waals surface area contributed by atoms with E-state index < -0.39 is 65.7 Å². The first-order chi connectivity index (χ1) is 15.0. The Morgan fingerprint density at radius 2 is 1.97 bits per heavy atom. The largest absolute Gasteiger partial charge is 0.385 e. The molecule has 5 N–H and O–H groups in total. The number of alkyl halides is 4. The molecule has 8 nitrogen and oxygen atoms in total. The standard InChI is InChI=1S/C19H19F5N6O2/c1-18(8-32-19(6-20,7-21)17(26)30-18)10-4-9(2-3-11(10)22)28-16(31)13-15(25)29-12(5-27-13)14(23)24/h2-5,14H,6-8H2,1H3,(H2,25,29)(H2,26,30)(H,28,31). The van der Waals surface area contributed by atoms with Gasteiger partial charge in [-0.3, -0.25) is 9.79 Å². The first-order valence-electron chi connectivity index (χ1n) is 9.19. The van der Waals surface area contributed by atoms with Crippen LogP contribution < -0.4 is 16.8 Å².